The summed E-state index contributed by atoms with van der Waals surface area (Å²) in [6.45, 7) is 1.77. The molecule has 3 saturated heterocycles. The Morgan fingerprint density at radius 2 is 2.08 bits per heavy atom. The highest BCUT2D eigenvalue weighted by Gasteiger charge is 2.72. The van der Waals surface area contributed by atoms with E-state index in [0.29, 0.717) is 6.42 Å². The number of hydrogen-bond donors (Lipinski definition) is 3. The molecule has 6 nitrogen and oxygen atoms in total. The van der Waals surface area contributed by atoms with Crippen molar-refractivity contribution >= 4 is 16.9 Å². The molecule has 0 saturated carbocycles. The van der Waals surface area contributed by atoms with Crippen molar-refractivity contribution in [1.82, 2.24) is 9.88 Å². The van der Waals surface area contributed by atoms with Crippen LogP contribution in [0.3, 0.4) is 0 Å². The van der Waals surface area contributed by atoms with Gasteiger partial charge in [0, 0.05) is 34.5 Å². The molecule has 4 aliphatic rings. The van der Waals surface area contributed by atoms with E-state index in [1.54, 1.807) is 0 Å². The molecule has 6 rings (SSSR count). The third-order valence-electron chi connectivity index (χ3n) is 7.23. The standard InChI is InChI=1S/C19H20N2O4/c22-17(23)18-9-25-19(24)11-5-7-21(8-6-13(18)19)15(11)14-10-3-1-2-4-12(10)20-16(14)18/h1-4,11,13,15,20,24H,5-9H2,(H,22,23)/t11-,13-,15?,18-,19+/m0/s1. The Labute approximate surface area is 144 Å². The number of rotatable bonds is 1. The highest BCUT2D eigenvalue weighted by molar-refractivity contribution is 5.91. The Kier molecular flexibility index (Phi) is 2.43. The van der Waals surface area contributed by atoms with Crippen molar-refractivity contribution in [2.45, 2.75) is 30.1 Å². The molecule has 0 radical (unpaired) electrons. The number of fused-ring (bicyclic) bond motifs is 4. The van der Waals surface area contributed by atoms with Gasteiger partial charge in [-0.05, 0) is 37.6 Å². The molecule has 4 heterocycles. The number of hydrogen-bond acceptors (Lipinski definition) is 4. The minimum atomic E-state index is -1.35. The van der Waals surface area contributed by atoms with Gasteiger partial charge in [0.05, 0.1) is 6.61 Å². The van der Waals surface area contributed by atoms with E-state index in [2.05, 4.69) is 16.0 Å². The first-order valence-corrected chi connectivity index (χ1v) is 9.02. The Bertz CT molecular complexity index is 923. The van der Waals surface area contributed by atoms with E-state index in [4.69, 9.17) is 4.74 Å². The monoisotopic (exact) mass is 340 g/mol. The number of carbonyl (C=O) groups is 1. The minimum absolute atomic E-state index is 0.0164. The quantitative estimate of drug-likeness (QED) is 0.734. The van der Waals surface area contributed by atoms with Crippen LogP contribution in [0, 0.1) is 11.8 Å². The molecule has 2 aromatic rings. The van der Waals surface area contributed by atoms with Gasteiger partial charge in [-0.1, -0.05) is 18.2 Å². The lowest BCUT2D eigenvalue weighted by atomic mass is 9.69. The average Bonchev–Trinajstić information content (AvgIpc) is 3.19. The van der Waals surface area contributed by atoms with E-state index in [0.717, 1.165) is 41.7 Å². The second kappa shape index (κ2) is 4.26. The van der Waals surface area contributed by atoms with E-state index < -0.39 is 23.1 Å². The summed E-state index contributed by atoms with van der Waals surface area (Å²) in [7, 11) is 0. The molecular formula is C19H20N2O4. The van der Waals surface area contributed by atoms with E-state index in [1.165, 1.54) is 0 Å². The highest BCUT2D eigenvalue weighted by Crippen LogP contribution is 2.63. The molecular weight excluding hydrogens is 320 g/mol. The van der Waals surface area contributed by atoms with Gasteiger partial charge in [-0.25, -0.2) is 0 Å². The highest BCUT2D eigenvalue weighted by atomic mass is 16.6. The van der Waals surface area contributed by atoms with Crippen LogP contribution in [0.25, 0.3) is 10.9 Å². The lowest BCUT2D eigenvalue weighted by Gasteiger charge is -2.36. The molecule has 0 amide bonds. The maximum atomic E-state index is 12.6. The van der Waals surface area contributed by atoms with Crippen molar-refractivity contribution in [2.24, 2.45) is 11.8 Å². The summed E-state index contributed by atoms with van der Waals surface area (Å²) in [5.41, 5.74) is 1.60. The van der Waals surface area contributed by atoms with E-state index in [-0.39, 0.29) is 18.6 Å². The number of aliphatic hydroxyl groups is 1. The first-order chi connectivity index (χ1) is 12.1. The molecule has 2 unspecified atom stereocenters. The molecule has 3 fully saturated rings. The molecule has 6 bridgehead atoms. The molecule has 1 aliphatic carbocycles. The van der Waals surface area contributed by atoms with E-state index >= 15 is 0 Å². The van der Waals surface area contributed by atoms with Crippen LogP contribution in [-0.2, 0) is 14.9 Å². The zero-order valence-corrected chi connectivity index (χ0v) is 13.7. The first-order valence-electron chi connectivity index (χ1n) is 9.02. The van der Waals surface area contributed by atoms with Crippen LogP contribution in [0.4, 0.5) is 0 Å². The fourth-order valence-electron chi connectivity index (χ4n) is 6.21. The summed E-state index contributed by atoms with van der Waals surface area (Å²) in [4.78, 5) is 18.4. The Morgan fingerprint density at radius 1 is 1.28 bits per heavy atom. The largest absolute Gasteiger partial charge is 0.480 e. The fourth-order valence-corrected chi connectivity index (χ4v) is 6.21. The minimum Gasteiger partial charge on any atom is -0.480 e. The maximum Gasteiger partial charge on any atom is 0.318 e. The average molecular weight is 340 g/mol. The van der Waals surface area contributed by atoms with Crippen LogP contribution >= 0.6 is 0 Å². The summed E-state index contributed by atoms with van der Waals surface area (Å²) >= 11 is 0. The van der Waals surface area contributed by atoms with Crippen LogP contribution in [0.15, 0.2) is 24.3 Å². The molecule has 6 heteroatoms. The number of nitrogens with zero attached hydrogens (tertiary/aromatic N) is 1. The van der Waals surface area contributed by atoms with Gasteiger partial charge >= 0.3 is 5.97 Å². The van der Waals surface area contributed by atoms with Crippen molar-refractivity contribution in [3.05, 3.63) is 35.5 Å². The van der Waals surface area contributed by atoms with Crippen LogP contribution in [0.5, 0.6) is 0 Å². The number of carboxylic acids is 1. The zero-order valence-electron chi connectivity index (χ0n) is 13.7. The Morgan fingerprint density at radius 3 is 2.92 bits per heavy atom. The molecule has 1 aromatic heterocycles. The number of para-hydroxylation sites is 1. The Hall–Kier alpha value is -1.89. The van der Waals surface area contributed by atoms with Gasteiger partial charge < -0.3 is 19.9 Å². The van der Waals surface area contributed by atoms with Gasteiger partial charge in [-0.2, -0.15) is 0 Å². The summed E-state index contributed by atoms with van der Waals surface area (Å²) in [5, 5.41) is 22.9. The fraction of sp³-hybridized carbons (Fsp3) is 0.526. The van der Waals surface area contributed by atoms with Crippen molar-refractivity contribution in [2.75, 3.05) is 19.7 Å². The number of nitrogens with one attached hydrogen (secondary N) is 1. The SMILES string of the molecule is O=C(O)[C@@]12CO[C@@]3(O)[C@H]1CCN1CC[C@H]3C1c1c2[nH]c2ccccc12. The van der Waals surface area contributed by atoms with Gasteiger partial charge in [-0.15, -0.1) is 0 Å². The lowest BCUT2D eigenvalue weighted by Crippen LogP contribution is -2.50. The smallest absolute Gasteiger partial charge is 0.318 e. The number of H-pyrrole nitrogens is 1. The van der Waals surface area contributed by atoms with Gasteiger partial charge in [0.1, 0.15) is 5.41 Å². The molecule has 130 valence electrons. The second-order valence-corrected chi connectivity index (χ2v) is 7.99. The van der Waals surface area contributed by atoms with E-state index in [1.807, 2.05) is 18.2 Å². The van der Waals surface area contributed by atoms with Crippen LogP contribution in [-0.4, -0.2) is 51.5 Å². The number of aromatic nitrogens is 1. The van der Waals surface area contributed by atoms with Gasteiger partial charge in [0.25, 0.3) is 0 Å². The lowest BCUT2D eigenvalue weighted by molar-refractivity contribution is -0.231. The van der Waals surface area contributed by atoms with Crippen LogP contribution in [0.2, 0.25) is 0 Å². The summed E-state index contributed by atoms with van der Waals surface area (Å²) in [5.74, 6) is -2.75. The van der Waals surface area contributed by atoms with Crippen molar-refractivity contribution in [1.29, 1.82) is 0 Å². The number of benzene rings is 1. The zero-order chi connectivity index (χ0) is 17.0. The molecule has 1 aromatic carbocycles. The van der Waals surface area contributed by atoms with Crippen LogP contribution in [0.1, 0.15) is 30.1 Å². The van der Waals surface area contributed by atoms with Crippen molar-refractivity contribution < 1.29 is 19.7 Å². The number of aliphatic carboxylic acids is 1. The normalized spacial score (nSPS) is 43.9. The molecule has 6 atom stereocenters. The van der Waals surface area contributed by atoms with E-state index in [9.17, 15) is 15.0 Å². The van der Waals surface area contributed by atoms with Crippen LogP contribution < -0.4 is 0 Å². The maximum absolute atomic E-state index is 12.6. The summed E-state index contributed by atoms with van der Waals surface area (Å²) < 4.78 is 5.93. The van der Waals surface area contributed by atoms with Crippen molar-refractivity contribution in [3.8, 4) is 0 Å². The molecule has 3 aliphatic heterocycles. The number of ether oxygens (including phenoxy) is 1. The molecule has 0 spiro atoms. The summed E-state index contributed by atoms with van der Waals surface area (Å²) in [6, 6.07) is 8.05. The van der Waals surface area contributed by atoms with Gasteiger partial charge in [-0.3, -0.25) is 9.69 Å². The number of aromatic amines is 1. The summed E-state index contributed by atoms with van der Waals surface area (Å²) in [6.07, 6.45) is 1.48. The topological polar surface area (TPSA) is 85.8 Å². The second-order valence-electron chi connectivity index (χ2n) is 7.99. The Balaban J connectivity index is 1.78. The third kappa shape index (κ3) is 1.39. The van der Waals surface area contributed by atoms with Gasteiger partial charge in [0.2, 0.25) is 0 Å². The van der Waals surface area contributed by atoms with Crippen molar-refractivity contribution in [3.63, 3.8) is 0 Å². The first kappa shape index (κ1) is 14.3. The predicted molar refractivity (Wildman–Crippen MR) is 89.0 cm³/mol. The number of carboxylic acid groups (broad SMARTS) is 1. The predicted octanol–water partition coefficient (Wildman–Crippen LogP) is 1.61. The third-order valence-corrected chi connectivity index (χ3v) is 7.23. The van der Waals surface area contributed by atoms with Gasteiger partial charge in [0.15, 0.2) is 5.79 Å². The molecule has 3 N–H and O–H groups in total. The molecule has 25 heavy (non-hydrogen) atoms.